The Hall–Kier alpha value is -1.06. The van der Waals surface area contributed by atoms with Crippen LogP contribution in [0, 0.1) is 0 Å². The van der Waals surface area contributed by atoms with Gasteiger partial charge in [0.05, 0.1) is 6.10 Å². The molecular formula is C10H16N2O. The number of para-hydroxylation sites is 1. The second-order valence-electron chi connectivity index (χ2n) is 2.91. The summed E-state index contributed by atoms with van der Waals surface area (Å²) in [6, 6.07) is 7.75. The molecule has 0 saturated carbocycles. The lowest BCUT2D eigenvalue weighted by Crippen LogP contribution is -2.17. The van der Waals surface area contributed by atoms with Crippen molar-refractivity contribution < 1.29 is 5.11 Å². The number of benzene rings is 1. The third kappa shape index (κ3) is 2.44. The highest BCUT2D eigenvalue weighted by Gasteiger charge is 2.09. The van der Waals surface area contributed by atoms with Gasteiger partial charge in [0.2, 0.25) is 0 Å². The third-order valence-corrected chi connectivity index (χ3v) is 1.99. The highest BCUT2D eigenvalue weighted by atomic mass is 16.3. The molecule has 0 amide bonds. The molecule has 3 nitrogen and oxygen atoms in total. The number of aliphatic hydroxyl groups excluding tert-OH is 1. The summed E-state index contributed by atoms with van der Waals surface area (Å²) in [7, 11) is 3.68. The molecule has 1 atom stereocenters. The van der Waals surface area contributed by atoms with Crippen LogP contribution in [0.25, 0.3) is 0 Å². The smallest absolute Gasteiger partial charge is 0.0934 e. The lowest BCUT2D eigenvalue weighted by atomic mass is 10.1. The summed E-state index contributed by atoms with van der Waals surface area (Å²) in [5, 5.41) is 15.7. The maximum atomic E-state index is 9.73. The average molecular weight is 180 g/mol. The van der Waals surface area contributed by atoms with Gasteiger partial charge in [-0.1, -0.05) is 18.2 Å². The van der Waals surface area contributed by atoms with Gasteiger partial charge < -0.3 is 15.7 Å². The van der Waals surface area contributed by atoms with Gasteiger partial charge in [0.25, 0.3) is 0 Å². The third-order valence-electron chi connectivity index (χ3n) is 1.99. The van der Waals surface area contributed by atoms with Crippen LogP contribution in [0.3, 0.4) is 0 Å². The normalized spacial score (nSPS) is 12.5. The first-order valence-electron chi connectivity index (χ1n) is 4.39. The number of hydrogen-bond donors (Lipinski definition) is 3. The van der Waals surface area contributed by atoms with Crippen LogP contribution < -0.4 is 10.6 Å². The molecule has 0 saturated heterocycles. The van der Waals surface area contributed by atoms with Crippen molar-refractivity contribution in [2.24, 2.45) is 0 Å². The fraction of sp³-hybridized carbons (Fsp3) is 0.400. The van der Waals surface area contributed by atoms with Gasteiger partial charge in [-0.15, -0.1) is 0 Å². The summed E-state index contributed by atoms with van der Waals surface area (Å²) in [6.07, 6.45) is -0.450. The van der Waals surface area contributed by atoms with E-state index in [1.165, 1.54) is 0 Å². The summed E-state index contributed by atoms with van der Waals surface area (Å²) in [6.45, 7) is 0.568. The summed E-state index contributed by atoms with van der Waals surface area (Å²) in [4.78, 5) is 0. The number of rotatable bonds is 4. The molecule has 3 N–H and O–H groups in total. The Kier molecular flexibility index (Phi) is 3.73. The van der Waals surface area contributed by atoms with Gasteiger partial charge in [0.15, 0.2) is 0 Å². The van der Waals surface area contributed by atoms with Gasteiger partial charge in [-0.05, 0) is 13.1 Å². The average Bonchev–Trinajstić information content (AvgIpc) is 2.18. The minimum Gasteiger partial charge on any atom is -0.388 e. The van der Waals surface area contributed by atoms with Crippen molar-refractivity contribution in [1.29, 1.82) is 0 Å². The van der Waals surface area contributed by atoms with Crippen LogP contribution in [0.2, 0.25) is 0 Å². The van der Waals surface area contributed by atoms with Gasteiger partial charge >= 0.3 is 0 Å². The SMILES string of the molecule is CNCC(O)c1ccccc1NC. The molecule has 0 fully saturated rings. The Balaban J connectivity index is 2.85. The predicted octanol–water partition coefficient (Wildman–Crippen LogP) is 0.981. The van der Waals surface area contributed by atoms with Crippen LogP contribution in [-0.4, -0.2) is 25.7 Å². The fourth-order valence-corrected chi connectivity index (χ4v) is 1.32. The van der Waals surface area contributed by atoms with Crippen molar-refractivity contribution in [3.05, 3.63) is 29.8 Å². The van der Waals surface area contributed by atoms with E-state index in [9.17, 15) is 5.11 Å². The Bertz CT molecular complexity index is 263. The van der Waals surface area contributed by atoms with Crippen molar-refractivity contribution in [3.8, 4) is 0 Å². The maximum Gasteiger partial charge on any atom is 0.0934 e. The van der Waals surface area contributed by atoms with Crippen molar-refractivity contribution in [2.45, 2.75) is 6.10 Å². The van der Waals surface area contributed by atoms with E-state index in [0.717, 1.165) is 11.3 Å². The van der Waals surface area contributed by atoms with Gasteiger partial charge in [-0.3, -0.25) is 0 Å². The first-order valence-corrected chi connectivity index (χ1v) is 4.39. The zero-order chi connectivity index (χ0) is 9.68. The van der Waals surface area contributed by atoms with E-state index in [2.05, 4.69) is 10.6 Å². The molecule has 0 aromatic heterocycles. The summed E-state index contributed by atoms with van der Waals surface area (Å²) in [5.74, 6) is 0. The van der Waals surface area contributed by atoms with Crippen LogP contribution in [0.4, 0.5) is 5.69 Å². The molecule has 0 radical (unpaired) electrons. The Morgan fingerprint density at radius 1 is 1.31 bits per heavy atom. The van der Waals surface area contributed by atoms with Crippen LogP contribution in [-0.2, 0) is 0 Å². The lowest BCUT2D eigenvalue weighted by Gasteiger charge is -2.14. The molecule has 1 aromatic rings. The first-order chi connectivity index (χ1) is 6.29. The van der Waals surface area contributed by atoms with Gasteiger partial charge in [-0.2, -0.15) is 0 Å². The van der Waals surface area contributed by atoms with Gasteiger partial charge in [-0.25, -0.2) is 0 Å². The monoisotopic (exact) mass is 180 g/mol. The molecule has 0 aliphatic rings. The van der Waals surface area contributed by atoms with Gasteiger partial charge in [0, 0.05) is 24.8 Å². The van der Waals surface area contributed by atoms with Crippen molar-refractivity contribution in [3.63, 3.8) is 0 Å². The van der Waals surface area contributed by atoms with E-state index in [1.54, 1.807) is 0 Å². The Morgan fingerprint density at radius 2 is 2.00 bits per heavy atom. The molecule has 0 bridgehead atoms. The largest absolute Gasteiger partial charge is 0.388 e. The number of anilines is 1. The molecule has 3 heteroatoms. The van der Waals surface area contributed by atoms with E-state index >= 15 is 0 Å². The highest BCUT2D eigenvalue weighted by Crippen LogP contribution is 2.21. The summed E-state index contributed by atoms with van der Waals surface area (Å²) < 4.78 is 0. The van der Waals surface area contributed by atoms with E-state index in [1.807, 2.05) is 38.4 Å². The number of nitrogens with one attached hydrogen (secondary N) is 2. The Labute approximate surface area is 78.8 Å². The molecule has 13 heavy (non-hydrogen) atoms. The van der Waals surface area contributed by atoms with Crippen LogP contribution in [0.1, 0.15) is 11.7 Å². The summed E-state index contributed by atoms with van der Waals surface area (Å²) >= 11 is 0. The highest BCUT2D eigenvalue weighted by molar-refractivity contribution is 5.51. The lowest BCUT2D eigenvalue weighted by molar-refractivity contribution is 0.178. The Morgan fingerprint density at radius 3 is 2.62 bits per heavy atom. The number of aliphatic hydroxyl groups is 1. The van der Waals surface area contributed by atoms with E-state index in [-0.39, 0.29) is 0 Å². The fourth-order valence-electron chi connectivity index (χ4n) is 1.32. The molecule has 0 aliphatic carbocycles. The van der Waals surface area contributed by atoms with Crippen molar-refractivity contribution in [2.75, 3.05) is 26.0 Å². The van der Waals surface area contributed by atoms with Crippen LogP contribution >= 0.6 is 0 Å². The minimum absolute atomic E-state index is 0.450. The zero-order valence-corrected chi connectivity index (χ0v) is 8.04. The van der Waals surface area contributed by atoms with Crippen LogP contribution in [0.5, 0.6) is 0 Å². The molecular weight excluding hydrogens is 164 g/mol. The molecule has 0 heterocycles. The molecule has 1 rings (SSSR count). The molecule has 72 valence electrons. The molecule has 1 unspecified atom stereocenters. The first kappa shape index (κ1) is 10.0. The molecule has 1 aromatic carbocycles. The van der Waals surface area contributed by atoms with Gasteiger partial charge in [0.1, 0.15) is 0 Å². The maximum absolute atomic E-state index is 9.73. The van der Waals surface area contributed by atoms with Crippen LogP contribution in [0.15, 0.2) is 24.3 Å². The van der Waals surface area contributed by atoms with Crippen molar-refractivity contribution >= 4 is 5.69 Å². The molecule has 0 spiro atoms. The van der Waals surface area contributed by atoms with E-state index in [4.69, 9.17) is 0 Å². The zero-order valence-electron chi connectivity index (χ0n) is 8.04. The van der Waals surface area contributed by atoms with Crippen molar-refractivity contribution in [1.82, 2.24) is 5.32 Å². The quantitative estimate of drug-likeness (QED) is 0.647. The number of likely N-dealkylation sites (N-methyl/N-ethyl adjacent to an activating group) is 1. The second-order valence-corrected chi connectivity index (χ2v) is 2.91. The van der Waals surface area contributed by atoms with E-state index < -0.39 is 6.10 Å². The topological polar surface area (TPSA) is 44.3 Å². The predicted molar refractivity (Wildman–Crippen MR) is 54.9 cm³/mol. The minimum atomic E-state index is -0.450. The second kappa shape index (κ2) is 4.84. The molecule has 0 aliphatic heterocycles. The van der Waals surface area contributed by atoms with E-state index in [0.29, 0.717) is 6.54 Å². The number of hydrogen-bond acceptors (Lipinski definition) is 3. The summed E-state index contributed by atoms with van der Waals surface area (Å²) in [5.41, 5.74) is 1.91. The standard InChI is InChI=1S/C10H16N2O/c1-11-7-10(13)8-5-3-4-6-9(8)12-2/h3-6,10-13H,7H2,1-2H3.